The number of benzene rings is 1. The number of nitrogens with one attached hydrogen (secondary N) is 1. The molecule has 0 aromatic heterocycles. The first kappa shape index (κ1) is 35.2. The first-order chi connectivity index (χ1) is 20.3. The van der Waals surface area contributed by atoms with Crippen molar-refractivity contribution in [3.63, 3.8) is 0 Å². The lowest BCUT2D eigenvalue weighted by Crippen LogP contribution is -2.51. The first-order valence-electron chi connectivity index (χ1n) is 16.1. The quantitative estimate of drug-likeness (QED) is 0.129. The number of hydrogen-bond acceptors (Lipinski definition) is 6. The van der Waals surface area contributed by atoms with Crippen molar-refractivity contribution >= 4 is 18.1 Å². The van der Waals surface area contributed by atoms with E-state index in [-0.39, 0.29) is 18.3 Å². The number of imide groups is 1. The number of hydrogen-bond donors (Lipinski definition) is 1. The summed E-state index contributed by atoms with van der Waals surface area (Å²) in [5, 5.41) is 2.65. The SMILES string of the molecule is CCCCCCCCCCCCCCCc1cccc(OC)c1C1C(C(=O)OC(C)C)=C(C)NC(=O)N1C(=O)OCC. The van der Waals surface area contributed by atoms with Crippen molar-refractivity contribution in [2.24, 2.45) is 0 Å². The lowest BCUT2D eigenvalue weighted by molar-refractivity contribution is -0.143. The molecule has 0 saturated heterocycles. The maximum absolute atomic E-state index is 13.4. The summed E-state index contributed by atoms with van der Waals surface area (Å²) in [6, 6.07) is 3.97. The van der Waals surface area contributed by atoms with Crippen LogP contribution in [0.4, 0.5) is 9.59 Å². The molecule has 1 heterocycles. The van der Waals surface area contributed by atoms with Crippen LogP contribution in [0.15, 0.2) is 29.5 Å². The fourth-order valence-corrected chi connectivity index (χ4v) is 5.57. The Morgan fingerprint density at radius 3 is 2.00 bits per heavy atom. The number of ether oxygens (including phenoxy) is 3. The number of carbonyl (C=O) groups is 3. The summed E-state index contributed by atoms with van der Waals surface area (Å²) in [7, 11) is 1.55. The summed E-state index contributed by atoms with van der Waals surface area (Å²) in [4.78, 5) is 40.6. The molecule has 8 nitrogen and oxygen atoms in total. The van der Waals surface area contributed by atoms with Gasteiger partial charge in [-0.2, -0.15) is 0 Å². The molecule has 1 aromatic carbocycles. The van der Waals surface area contributed by atoms with E-state index in [1.54, 1.807) is 40.9 Å². The molecule has 1 aromatic rings. The molecule has 42 heavy (non-hydrogen) atoms. The van der Waals surface area contributed by atoms with Gasteiger partial charge in [0.1, 0.15) is 11.8 Å². The third-order valence-corrected chi connectivity index (χ3v) is 7.68. The lowest BCUT2D eigenvalue weighted by atomic mass is 9.88. The zero-order chi connectivity index (χ0) is 30.9. The van der Waals surface area contributed by atoms with E-state index in [1.807, 2.05) is 12.1 Å². The van der Waals surface area contributed by atoms with Crippen molar-refractivity contribution < 1.29 is 28.6 Å². The highest BCUT2D eigenvalue weighted by atomic mass is 16.6. The van der Waals surface area contributed by atoms with Gasteiger partial charge in [-0.15, -0.1) is 0 Å². The second-order valence-electron chi connectivity index (χ2n) is 11.4. The van der Waals surface area contributed by atoms with Gasteiger partial charge in [-0.05, 0) is 52.2 Å². The molecule has 1 N–H and O–H groups in total. The number of carbonyl (C=O) groups excluding carboxylic acids is 3. The summed E-state index contributed by atoms with van der Waals surface area (Å²) < 4.78 is 16.6. The molecule has 1 aliphatic heterocycles. The highest BCUT2D eigenvalue weighted by Gasteiger charge is 2.45. The molecule has 3 amide bonds. The van der Waals surface area contributed by atoms with Gasteiger partial charge in [-0.3, -0.25) is 0 Å². The van der Waals surface area contributed by atoms with E-state index in [0.29, 0.717) is 17.0 Å². The minimum Gasteiger partial charge on any atom is -0.496 e. The number of nitrogens with zero attached hydrogens (tertiary/aromatic N) is 1. The van der Waals surface area contributed by atoms with Crippen LogP contribution >= 0.6 is 0 Å². The molecular formula is C34H54N2O6. The predicted octanol–water partition coefficient (Wildman–Crippen LogP) is 8.78. The Bertz CT molecular complexity index is 1030. The Labute approximate surface area is 253 Å². The fourth-order valence-electron chi connectivity index (χ4n) is 5.57. The predicted molar refractivity (Wildman–Crippen MR) is 166 cm³/mol. The molecule has 1 atom stereocenters. The monoisotopic (exact) mass is 586 g/mol. The number of allylic oxidation sites excluding steroid dienone is 1. The number of rotatable bonds is 19. The highest BCUT2D eigenvalue weighted by Crippen LogP contribution is 2.41. The fraction of sp³-hybridized carbons (Fsp3) is 0.676. The maximum Gasteiger partial charge on any atom is 0.418 e. The third-order valence-electron chi connectivity index (χ3n) is 7.68. The van der Waals surface area contributed by atoms with Crippen LogP contribution in [0.25, 0.3) is 0 Å². The molecule has 1 aliphatic rings. The number of unbranched alkanes of at least 4 members (excludes halogenated alkanes) is 12. The van der Waals surface area contributed by atoms with Crippen LogP contribution in [-0.4, -0.2) is 42.8 Å². The molecule has 0 bridgehead atoms. The van der Waals surface area contributed by atoms with E-state index in [4.69, 9.17) is 14.2 Å². The summed E-state index contributed by atoms with van der Waals surface area (Å²) in [6.07, 6.45) is 16.0. The topological polar surface area (TPSA) is 94.2 Å². The molecule has 2 rings (SSSR count). The maximum atomic E-state index is 13.4. The summed E-state index contributed by atoms with van der Waals surface area (Å²) in [5.41, 5.74) is 2.06. The van der Waals surface area contributed by atoms with Crippen molar-refractivity contribution in [2.45, 2.75) is 137 Å². The second-order valence-corrected chi connectivity index (χ2v) is 11.4. The summed E-state index contributed by atoms with van der Waals surface area (Å²) in [6.45, 7) is 9.18. The van der Waals surface area contributed by atoms with Gasteiger partial charge in [-0.25, -0.2) is 19.3 Å². The van der Waals surface area contributed by atoms with Crippen molar-refractivity contribution in [1.82, 2.24) is 10.2 Å². The Hall–Kier alpha value is -3.03. The molecular weight excluding hydrogens is 532 g/mol. The molecule has 0 aliphatic carbocycles. The van der Waals surface area contributed by atoms with Crippen LogP contribution < -0.4 is 10.1 Å². The number of esters is 1. The van der Waals surface area contributed by atoms with Crippen molar-refractivity contribution in [2.75, 3.05) is 13.7 Å². The highest BCUT2D eigenvalue weighted by molar-refractivity contribution is 6.00. The molecule has 0 saturated carbocycles. The van der Waals surface area contributed by atoms with Gasteiger partial charge >= 0.3 is 18.1 Å². The Kier molecular flexibility index (Phi) is 16.1. The summed E-state index contributed by atoms with van der Waals surface area (Å²) in [5.74, 6) is -0.0987. The largest absolute Gasteiger partial charge is 0.496 e. The third kappa shape index (κ3) is 10.7. The Balaban J connectivity index is 2.16. The summed E-state index contributed by atoms with van der Waals surface area (Å²) >= 11 is 0. The molecule has 0 radical (unpaired) electrons. The van der Waals surface area contributed by atoms with Gasteiger partial charge < -0.3 is 19.5 Å². The van der Waals surface area contributed by atoms with Gasteiger partial charge in [0.25, 0.3) is 0 Å². The number of aryl methyl sites for hydroxylation is 1. The van der Waals surface area contributed by atoms with Gasteiger partial charge in [-0.1, -0.05) is 96.1 Å². The van der Waals surface area contributed by atoms with E-state index in [0.717, 1.165) is 29.7 Å². The minimum atomic E-state index is -1.04. The van der Waals surface area contributed by atoms with Crippen LogP contribution in [0.1, 0.15) is 135 Å². The Morgan fingerprint density at radius 2 is 1.48 bits per heavy atom. The smallest absolute Gasteiger partial charge is 0.418 e. The molecule has 8 heteroatoms. The van der Waals surface area contributed by atoms with E-state index >= 15 is 0 Å². The van der Waals surface area contributed by atoms with Crippen LogP contribution in [0, 0.1) is 0 Å². The lowest BCUT2D eigenvalue weighted by Gasteiger charge is -2.37. The van der Waals surface area contributed by atoms with Crippen molar-refractivity contribution in [3.8, 4) is 5.75 Å². The van der Waals surface area contributed by atoms with Crippen LogP contribution in [-0.2, 0) is 20.7 Å². The molecule has 0 fully saturated rings. The van der Waals surface area contributed by atoms with E-state index in [1.165, 1.54) is 70.6 Å². The Morgan fingerprint density at radius 1 is 0.905 bits per heavy atom. The average Bonchev–Trinajstić information content (AvgIpc) is 2.94. The minimum absolute atomic E-state index is 0.0849. The first-order valence-corrected chi connectivity index (χ1v) is 16.1. The van der Waals surface area contributed by atoms with Crippen LogP contribution in [0.3, 0.4) is 0 Å². The van der Waals surface area contributed by atoms with E-state index < -0.39 is 24.1 Å². The normalized spacial score (nSPS) is 15.2. The molecule has 0 spiro atoms. The van der Waals surface area contributed by atoms with Crippen molar-refractivity contribution in [3.05, 3.63) is 40.6 Å². The van der Waals surface area contributed by atoms with E-state index in [2.05, 4.69) is 12.2 Å². The van der Waals surface area contributed by atoms with Gasteiger partial charge in [0.2, 0.25) is 0 Å². The second kappa shape index (κ2) is 19.2. The van der Waals surface area contributed by atoms with Crippen LogP contribution in [0.2, 0.25) is 0 Å². The average molecular weight is 587 g/mol. The zero-order valence-electron chi connectivity index (χ0n) is 26.9. The van der Waals surface area contributed by atoms with E-state index in [9.17, 15) is 14.4 Å². The number of methoxy groups -OCH3 is 1. The standard InChI is InChI=1S/C34H54N2O6/c1-7-9-10-11-12-13-14-15-16-17-18-19-20-22-27-23-21-24-28(40-6)30(27)31-29(32(37)42-25(3)4)26(5)35-33(38)36(31)34(39)41-8-2/h21,23-25,31H,7-20,22H2,1-6H3,(H,35,38). The molecule has 1 unspecified atom stereocenters. The molecule has 236 valence electrons. The van der Waals surface area contributed by atoms with Gasteiger partial charge in [0, 0.05) is 11.3 Å². The van der Waals surface area contributed by atoms with Gasteiger partial charge in [0.15, 0.2) is 0 Å². The van der Waals surface area contributed by atoms with Crippen LogP contribution in [0.5, 0.6) is 5.75 Å². The zero-order valence-corrected chi connectivity index (χ0v) is 26.9. The van der Waals surface area contributed by atoms with Crippen molar-refractivity contribution in [1.29, 1.82) is 0 Å². The number of amides is 3. The van der Waals surface area contributed by atoms with Gasteiger partial charge in [0.05, 0.1) is 25.4 Å². The number of urea groups is 1.